The minimum atomic E-state index is -0.307. The summed E-state index contributed by atoms with van der Waals surface area (Å²) in [6, 6.07) is 32.1. The molecule has 0 saturated carbocycles. The van der Waals surface area contributed by atoms with Crippen molar-refractivity contribution < 1.29 is 18.9 Å². The molecule has 0 spiro atoms. The third kappa shape index (κ3) is 7.81. The fourth-order valence-electron chi connectivity index (χ4n) is 4.94. The number of benzene rings is 4. The lowest BCUT2D eigenvalue weighted by atomic mass is 9.85. The summed E-state index contributed by atoms with van der Waals surface area (Å²) >= 11 is 14.7. The molecule has 0 radical (unpaired) electrons. The SMILES string of the molecule is CCOc1ccc(C(/C(Cl)=C(\Cl)C(c2ccc(OCC)cc2)c2ccc(OCC)cc2)c2ccc(OCC)cc2)cc1. The van der Waals surface area contributed by atoms with Crippen molar-refractivity contribution >= 4 is 23.2 Å². The summed E-state index contributed by atoms with van der Waals surface area (Å²) in [5.41, 5.74) is 4.01. The summed E-state index contributed by atoms with van der Waals surface area (Å²) in [6.07, 6.45) is 0. The molecule has 0 aromatic heterocycles. The molecule has 4 nitrogen and oxygen atoms in total. The molecule has 220 valence electrons. The standard InChI is InChI=1S/C36H38Cl2O4/c1-5-39-29-17-9-25(10-18-29)33(26-11-19-30(20-12-26)40-6-2)35(37)36(38)34(27-13-21-31(22-14-27)41-7-3)28-15-23-32(24-16-28)42-8-4/h9-24,33-34H,5-8H2,1-4H3/b36-35+. The van der Waals surface area contributed by atoms with Crippen molar-refractivity contribution in [2.75, 3.05) is 26.4 Å². The van der Waals surface area contributed by atoms with Crippen LogP contribution in [0.1, 0.15) is 61.8 Å². The maximum atomic E-state index is 7.36. The quantitative estimate of drug-likeness (QED) is 0.143. The Bertz CT molecular complexity index is 1200. The second kappa shape index (κ2) is 15.6. The number of halogens is 2. The second-order valence-corrected chi connectivity index (χ2v) is 10.4. The molecular formula is C36H38Cl2O4. The van der Waals surface area contributed by atoms with Crippen LogP contribution < -0.4 is 18.9 Å². The number of hydrogen-bond donors (Lipinski definition) is 0. The highest BCUT2D eigenvalue weighted by atomic mass is 35.5. The Hall–Kier alpha value is -3.60. The van der Waals surface area contributed by atoms with Crippen LogP contribution in [0.5, 0.6) is 23.0 Å². The van der Waals surface area contributed by atoms with Gasteiger partial charge in [0.15, 0.2) is 0 Å². The van der Waals surface area contributed by atoms with E-state index >= 15 is 0 Å². The predicted molar refractivity (Wildman–Crippen MR) is 173 cm³/mol. The molecule has 0 aliphatic rings. The van der Waals surface area contributed by atoms with Gasteiger partial charge in [-0.2, -0.15) is 0 Å². The van der Waals surface area contributed by atoms with E-state index in [1.807, 2.05) is 125 Å². The smallest absolute Gasteiger partial charge is 0.119 e. The van der Waals surface area contributed by atoms with E-state index in [0.717, 1.165) is 45.3 Å². The first-order valence-electron chi connectivity index (χ1n) is 14.4. The summed E-state index contributed by atoms with van der Waals surface area (Å²) in [6.45, 7) is 10.3. The van der Waals surface area contributed by atoms with Gasteiger partial charge in [-0.3, -0.25) is 0 Å². The maximum Gasteiger partial charge on any atom is 0.119 e. The first kappa shape index (κ1) is 31.3. The van der Waals surface area contributed by atoms with E-state index in [0.29, 0.717) is 36.5 Å². The normalized spacial score (nSPS) is 11.8. The van der Waals surface area contributed by atoms with Crippen LogP contribution in [0.25, 0.3) is 0 Å². The molecule has 0 aliphatic heterocycles. The van der Waals surface area contributed by atoms with Gasteiger partial charge in [0.05, 0.1) is 26.4 Å². The van der Waals surface area contributed by atoms with Crippen LogP contribution >= 0.6 is 23.2 Å². The minimum Gasteiger partial charge on any atom is -0.494 e. The van der Waals surface area contributed by atoms with Crippen molar-refractivity contribution in [2.45, 2.75) is 39.5 Å². The van der Waals surface area contributed by atoms with Gasteiger partial charge in [-0.1, -0.05) is 71.7 Å². The molecule has 0 heterocycles. The van der Waals surface area contributed by atoms with Gasteiger partial charge in [-0.25, -0.2) is 0 Å². The van der Waals surface area contributed by atoms with Gasteiger partial charge in [-0.15, -0.1) is 0 Å². The van der Waals surface area contributed by atoms with Gasteiger partial charge in [-0.05, 0) is 98.5 Å². The summed E-state index contributed by atoms with van der Waals surface area (Å²) in [4.78, 5) is 0. The molecule has 0 saturated heterocycles. The molecule has 4 aromatic carbocycles. The highest BCUT2D eigenvalue weighted by Crippen LogP contribution is 2.45. The van der Waals surface area contributed by atoms with Gasteiger partial charge in [0.2, 0.25) is 0 Å². The Balaban J connectivity index is 1.84. The lowest BCUT2D eigenvalue weighted by Gasteiger charge is -2.24. The summed E-state index contributed by atoms with van der Waals surface area (Å²) in [7, 11) is 0. The molecule has 4 rings (SSSR count). The van der Waals surface area contributed by atoms with Crippen LogP contribution in [0.2, 0.25) is 0 Å². The van der Waals surface area contributed by atoms with Crippen molar-refractivity contribution in [2.24, 2.45) is 0 Å². The fraction of sp³-hybridized carbons (Fsp3) is 0.278. The van der Waals surface area contributed by atoms with Crippen LogP contribution in [-0.2, 0) is 0 Å². The topological polar surface area (TPSA) is 36.9 Å². The highest BCUT2D eigenvalue weighted by Gasteiger charge is 2.27. The molecule has 0 fully saturated rings. The van der Waals surface area contributed by atoms with Crippen molar-refractivity contribution in [3.05, 3.63) is 129 Å². The fourth-order valence-corrected chi connectivity index (χ4v) is 5.66. The van der Waals surface area contributed by atoms with Crippen LogP contribution in [0.15, 0.2) is 107 Å². The van der Waals surface area contributed by atoms with E-state index in [4.69, 9.17) is 42.1 Å². The third-order valence-corrected chi connectivity index (χ3v) is 7.77. The van der Waals surface area contributed by atoms with E-state index in [2.05, 4.69) is 0 Å². The molecule has 42 heavy (non-hydrogen) atoms. The average molecular weight is 606 g/mol. The van der Waals surface area contributed by atoms with Gasteiger partial charge >= 0.3 is 0 Å². The van der Waals surface area contributed by atoms with Crippen molar-refractivity contribution in [3.63, 3.8) is 0 Å². The monoisotopic (exact) mass is 604 g/mol. The lowest BCUT2D eigenvalue weighted by molar-refractivity contribution is 0.340. The van der Waals surface area contributed by atoms with Gasteiger partial charge in [0.25, 0.3) is 0 Å². The van der Waals surface area contributed by atoms with Crippen molar-refractivity contribution in [1.29, 1.82) is 0 Å². The lowest BCUT2D eigenvalue weighted by Crippen LogP contribution is -2.09. The van der Waals surface area contributed by atoms with Crippen LogP contribution in [0.4, 0.5) is 0 Å². The van der Waals surface area contributed by atoms with Gasteiger partial charge in [0, 0.05) is 21.9 Å². The van der Waals surface area contributed by atoms with Crippen molar-refractivity contribution in [1.82, 2.24) is 0 Å². The number of rotatable bonds is 14. The van der Waals surface area contributed by atoms with E-state index in [1.54, 1.807) is 0 Å². The van der Waals surface area contributed by atoms with Crippen LogP contribution in [0.3, 0.4) is 0 Å². The molecule has 6 heteroatoms. The Labute approximate surface area is 259 Å². The zero-order valence-electron chi connectivity index (χ0n) is 24.6. The first-order valence-corrected chi connectivity index (χ1v) is 15.2. The summed E-state index contributed by atoms with van der Waals surface area (Å²) in [5.74, 6) is 2.61. The summed E-state index contributed by atoms with van der Waals surface area (Å²) in [5, 5.41) is 1.08. The second-order valence-electron chi connectivity index (χ2n) is 9.57. The van der Waals surface area contributed by atoms with E-state index in [-0.39, 0.29) is 11.8 Å². The van der Waals surface area contributed by atoms with E-state index in [1.165, 1.54) is 0 Å². The third-order valence-electron chi connectivity index (χ3n) is 6.83. The first-order chi connectivity index (χ1) is 20.5. The molecule has 0 atom stereocenters. The molecule has 0 unspecified atom stereocenters. The maximum absolute atomic E-state index is 7.36. The molecule has 0 bridgehead atoms. The van der Waals surface area contributed by atoms with Gasteiger partial charge in [0.1, 0.15) is 23.0 Å². The number of allylic oxidation sites excluding steroid dienone is 2. The highest BCUT2D eigenvalue weighted by molar-refractivity contribution is 6.40. The largest absolute Gasteiger partial charge is 0.494 e. The minimum absolute atomic E-state index is 0.307. The Kier molecular flexibility index (Phi) is 11.6. The molecule has 0 aliphatic carbocycles. The van der Waals surface area contributed by atoms with Crippen LogP contribution in [0, 0.1) is 0 Å². The molecular weight excluding hydrogens is 567 g/mol. The number of hydrogen-bond acceptors (Lipinski definition) is 4. The Morgan fingerprint density at radius 3 is 0.762 bits per heavy atom. The van der Waals surface area contributed by atoms with Crippen molar-refractivity contribution in [3.8, 4) is 23.0 Å². The van der Waals surface area contributed by atoms with E-state index < -0.39 is 0 Å². The van der Waals surface area contributed by atoms with Crippen LogP contribution in [-0.4, -0.2) is 26.4 Å². The Morgan fingerprint density at radius 2 is 0.595 bits per heavy atom. The number of ether oxygens (including phenoxy) is 4. The average Bonchev–Trinajstić information content (AvgIpc) is 3.01. The van der Waals surface area contributed by atoms with E-state index in [9.17, 15) is 0 Å². The predicted octanol–water partition coefficient (Wildman–Crippen LogP) is 9.93. The van der Waals surface area contributed by atoms with Gasteiger partial charge < -0.3 is 18.9 Å². The zero-order chi connectivity index (χ0) is 29.9. The molecule has 0 N–H and O–H groups in total. The Morgan fingerprint density at radius 1 is 0.405 bits per heavy atom. The zero-order valence-corrected chi connectivity index (χ0v) is 26.1. The molecule has 4 aromatic rings. The summed E-state index contributed by atoms with van der Waals surface area (Å²) < 4.78 is 22.8. The molecule has 0 amide bonds.